The molecule has 0 aliphatic heterocycles. The molecule has 0 saturated heterocycles. The maximum atomic E-state index is 13.1. The van der Waals surface area contributed by atoms with Gasteiger partial charge < -0.3 is 15.0 Å². The molecule has 6 heteroatoms. The third-order valence-electron chi connectivity index (χ3n) is 11.8. The molecule has 1 amide bonds. The van der Waals surface area contributed by atoms with Crippen LogP contribution in [-0.2, 0) is 19.1 Å². The molecule has 0 aromatic rings. The van der Waals surface area contributed by atoms with Crippen LogP contribution in [0.1, 0.15) is 106 Å². The van der Waals surface area contributed by atoms with E-state index in [-0.39, 0.29) is 35.0 Å². The van der Waals surface area contributed by atoms with E-state index in [0.29, 0.717) is 24.2 Å². The molecule has 216 valence electrons. The molecule has 1 unspecified atom stereocenters. The van der Waals surface area contributed by atoms with Crippen LogP contribution in [0.15, 0.2) is 0 Å². The summed E-state index contributed by atoms with van der Waals surface area (Å²) in [5.41, 5.74) is -0.771. The highest BCUT2D eigenvalue weighted by molar-refractivity contribution is 5.86. The zero-order valence-electron chi connectivity index (χ0n) is 25.5. The number of rotatable bonds is 8. The van der Waals surface area contributed by atoms with Gasteiger partial charge in [0.2, 0.25) is 5.91 Å². The second-order valence-electron chi connectivity index (χ2n) is 15.2. The van der Waals surface area contributed by atoms with Crippen molar-refractivity contribution in [3.8, 4) is 0 Å². The molecular formula is C32H54N2O4. The quantitative estimate of drug-likeness (QED) is 0.412. The Hall–Kier alpha value is -1.43. The Morgan fingerprint density at radius 3 is 2.26 bits per heavy atom. The van der Waals surface area contributed by atoms with Gasteiger partial charge in [0, 0.05) is 19.0 Å². The van der Waals surface area contributed by atoms with Crippen molar-refractivity contribution in [1.82, 2.24) is 10.2 Å². The minimum absolute atomic E-state index is 0.0978. The molecule has 8 atom stereocenters. The fourth-order valence-corrected chi connectivity index (χ4v) is 9.56. The molecule has 4 rings (SSSR count). The van der Waals surface area contributed by atoms with Crippen molar-refractivity contribution in [1.29, 1.82) is 0 Å². The fraction of sp³-hybridized carbons (Fsp3) is 0.906. The van der Waals surface area contributed by atoms with Crippen molar-refractivity contribution in [3.63, 3.8) is 0 Å². The lowest BCUT2D eigenvalue weighted by Crippen LogP contribution is -2.56. The van der Waals surface area contributed by atoms with Gasteiger partial charge in [-0.25, -0.2) is 0 Å². The van der Waals surface area contributed by atoms with Crippen LogP contribution < -0.4 is 5.32 Å². The number of carbonyl (C=O) groups excluding carboxylic acids is 3. The highest BCUT2D eigenvalue weighted by atomic mass is 16.6. The van der Waals surface area contributed by atoms with Gasteiger partial charge in [0.15, 0.2) is 0 Å². The monoisotopic (exact) mass is 530 g/mol. The molecule has 0 aromatic carbocycles. The number of likely N-dealkylation sites (N-methyl/N-ethyl adjacent to an activating group) is 1. The highest BCUT2D eigenvalue weighted by Crippen LogP contribution is 2.68. The lowest BCUT2D eigenvalue weighted by Gasteiger charge is -2.62. The number of ketones is 1. The van der Waals surface area contributed by atoms with E-state index in [4.69, 9.17) is 4.74 Å². The molecular weight excluding hydrogens is 476 g/mol. The maximum Gasteiger partial charge on any atom is 0.307 e. The van der Waals surface area contributed by atoms with E-state index in [1.807, 2.05) is 39.8 Å². The van der Waals surface area contributed by atoms with Crippen LogP contribution in [0.3, 0.4) is 0 Å². The predicted molar refractivity (Wildman–Crippen MR) is 150 cm³/mol. The summed E-state index contributed by atoms with van der Waals surface area (Å²) >= 11 is 0. The smallest absolute Gasteiger partial charge is 0.307 e. The SMILES string of the molecule is CC(=O)[C@H]1CCC2[C@@H]3CC[C@H]4C[C@](C)(OC(=O)CC(C)(C)C(=O)NCCN(C)C)CC[C@]4(C)[C@H]3CC[C@@]21C. The van der Waals surface area contributed by atoms with E-state index in [0.717, 1.165) is 44.1 Å². The van der Waals surface area contributed by atoms with Gasteiger partial charge in [-0.2, -0.15) is 0 Å². The van der Waals surface area contributed by atoms with Gasteiger partial charge in [-0.3, -0.25) is 14.4 Å². The number of hydrogen-bond donors (Lipinski definition) is 1. The van der Waals surface area contributed by atoms with E-state index in [9.17, 15) is 14.4 Å². The molecule has 0 heterocycles. The maximum absolute atomic E-state index is 13.1. The number of nitrogens with one attached hydrogen (secondary N) is 1. The van der Waals surface area contributed by atoms with Crippen LogP contribution in [0.2, 0.25) is 0 Å². The number of amides is 1. The Morgan fingerprint density at radius 1 is 0.921 bits per heavy atom. The lowest BCUT2D eigenvalue weighted by atomic mass is 9.44. The first kappa shape index (κ1) is 29.6. The Morgan fingerprint density at radius 2 is 1.61 bits per heavy atom. The summed E-state index contributed by atoms with van der Waals surface area (Å²) in [7, 11) is 3.95. The number of fused-ring (bicyclic) bond motifs is 5. The molecule has 0 radical (unpaired) electrons. The standard InChI is InChI=1S/C32H54N2O4/c1-21(35)24-11-12-25-23-10-9-22-19-30(4,15-16-31(22,5)26(23)13-14-32(24,25)6)38-27(36)20-29(2,3)28(37)33-17-18-34(7)8/h22-26H,9-20H2,1-8H3,(H,33,37)/t22-,23-,24+,25?,26-,30+,31-,32+/m0/s1. The van der Waals surface area contributed by atoms with Gasteiger partial charge in [0.05, 0.1) is 11.8 Å². The Labute approximate surface area is 231 Å². The minimum atomic E-state index is -0.797. The van der Waals surface area contributed by atoms with Crippen LogP contribution in [0.5, 0.6) is 0 Å². The predicted octanol–water partition coefficient (Wildman–Crippen LogP) is 5.63. The van der Waals surface area contributed by atoms with E-state index in [1.54, 1.807) is 0 Å². The Balaban J connectivity index is 1.37. The molecule has 4 fully saturated rings. The molecule has 0 bridgehead atoms. The van der Waals surface area contributed by atoms with Crippen molar-refractivity contribution >= 4 is 17.7 Å². The van der Waals surface area contributed by atoms with Crippen molar-refractivity contribution in [2.45, 2.75) is 111 Å². The molecule has 4 saturated carbocycles. The summed E-state index contributed by atoms with van der Waals surface area (Å²) in [4.78, 5) is 40.3. The molecule has 0 spiro atoms. The van der Waals surface area contributed by atoms with Gasteiger partial charge >= 0.3 is 5.97 Å². The third-order valence-corrected chi connectivity index (χ3v) is 11.8. The number of esters is 1. The summed E-state index contributed by atoms with van der Waals surface area (Å²) in [6.45, 7) is 13.9. The molecule has 1 N–H and O–H groups in total. The zero-order valence-corrected chi connectivity index (χ0v) is 25.5. The number of nitrogens with zero attached hydrogens (tertiary/aromatic N) is 1. The normalized spacial score (nSPS) is 40.6. The van der Waals surface area contributed by atoms with E-state index in [1.165, 1.54) is 32.1 Å². The van der Waals surface area contributed by atoms with E-state index in [2.05, 4.69) is 26.1 Å². The second kappa shape index (κ2) is 10.5. The molecule has 38 heavy (non-hydrogen) atoms. The lowest BCUT2D eigenvalue weighted by molar-refractivity contribution is -0.183. The average molecular weight is 531 g/mol. The first-order valence-electron chi connectivity index (χ1n) is 15.3. The summed E-state index contributed by atoms with van der Waals surface area (Å²) < 4.78 is 6.20. The van der Waals surface area contributed by atoms with Crippen LogP contribution in [0.4, 0.5) is 0 Å². The van der Waals surface area contributed by atoms with Crippen LogP contribution in [-0.4, -0.2) is 55.3 Å². The number of ether oxygens (including phenoxy) is 1. The highest BCUT2D eigenvalue weighted by Gasteiger charge is 2.62. The molecule has 6 nitrogen and oxygen atoms in total. The Kier molecular flexibility index (Phi) is 8.18. The average Bonchev–Trinajstić information content (AvgIpc) is 3.16. The summed E-state index contributed by atoms with van der Waals surface area (Å²) in [6, 6.07) is 0. The van der Waals surface area contributed by atoms with Gasteiger partial charge in [0.25, 0.3) is 0 Å². The van der Waals surface area contributed by atoms with Crippen LogP contribution >= 0.6 is 0 Å². The first-order chi connectivity index (χ1) is 17.6. The minimum Gasteiger partial charge on any atom is -0.459 e. The number of hydrogen-bond acceptors (Lipinski definition) is 5. The van der Waals surface area contributed by atoms with E-state index >= 15 is 0 Å². The molecule has 4 aliphatic rings. The van der Waals surface area contributed by atoms with Crippen molar-refractivity contribution in [3.05, 3.63) is 0 Å². The second-order valence-corrected chi connectivity index (χ2v) is 15.2. The summed E-state index contributed by atoms with van der Waals surface area (Å²) in [5.74, 6) is 3.00. The molecule has 4 aliphatic carbocycles. The number of Topliss-reactive ketones (excluding diaryl/α,β-unsaturated/α-hetero) is 1. The largest absolute Gasteiger partial charge is 0.459 e. The number of carbonyl (C=O) groups is 3. The van der Waals surface area contributed by atoms with Gasteiger partial charge in [-0.05, 0) is 120 Å². The van der Waals surface area contributed by atoms with Crippen molar-refractivity contribution in [2.24, 2.45) is 45.8 Å². The summed E-state index contributed by atoms with van der Waals surface area (Å²) in [5, 5.41) is 2.96. The summed E-state index contributed by atoms with van der Waals surface area (Å²) in [6.07, 6.45) is 10.2. The first-order valence-corrected chi connectivity index (χ1v) is 15.3. The third kappa shape index (κ3) is 5.45. The topological polar surface area (TPSA) is 75.7 Å². The van der Waals surface area contributed by atoms with Crippen molar-refractivity contribution in [2.75, 3.05) is 27.2 Å². The van der Waals surface area contributed by atoms with Crippen molar-refractivity contribution < 1.29 is 19.1 Å². The van der Waals surface area contributed by atoms with Gasteiger partial charge in [-0.1, -0.05) is 27.7 Å². The zero-order chi connectivity index (χ0) is 28.1. The van der Waals surface area contributed by atoms with Crippen LogP contribution in [0, 0.1) is 45.8 Å². The Bertz CT molecular complexity index is 930. The molecule has 0 aromatic heterocycles. The van der Waals surface area contributed by atoms with Crippen LogP contribution in [0.25, 0.3) is 0 Å². The fourth-order valence-electron chi connectivity index (χ4n) is 9.56. The van der Waals surface area contributed by atoms with Gasteiger partial charge in [0.1, 0.15) is 11.4 Å². The van der Waals surface area contributed by atoms with E-state index < -0.39 is 11.0 Å². The van der Waals surface area contributed by atoms with Gasteiger partial charge in [-0.15, -0.1) is 0 Å².